The minimum absolute atomic E-state index is 0.193. The summed E-state index contributed by atoms with van der Waals surface area (Å²) in [5.41, 5.74) is 0.626. The van der Waals surface area contributed by atoms with Crippen LogP contribution in [0, 0.1) is 11.9 Å². The Hall–Kier alpha value is -2.76. The van der Waals surface area contributed by atoms with Crippen molar-refractivity contribution in [3.8, 4) is 0 Å². The fourth-order valence-corrected chi connectivity index (χ4v) is 1.85. The first-order chi connectivity index (χ1) is 9.65. The number of rotatable bonds is 2. The van der Waals surface area contributed by atoms with E-state index in [0.717, 1.165) is 12.1 Å². The van der Waals surface area contributed by atoms with Gasteiger partial charge in [0.25, 0.3) is 5.91 Å². The first-order valence-electron chi connectivity index (χ1n) is 5.75. The van der Waals surface area contributed by atoms with Gasteiger partial charge in [0.2, 0.25) is 11.9 Å². The van der Waals surface area contributed by atoms with E-state index >= 15 is 0 Å². The molecule has 4 nitrogen and oxygen atoms in total. The smallest absolute Gasteiger partial charge is 0.259 e. The number of halogens is 2. The average molecular weight is 274 g/mol. The van der Waals surface area contributed by atoms with Crippen LogP contribution < -0.4 is 5.32 Å². The van der Waals surface area contributed by atoms with E-state index in [-0.39, 0.29) is 11.3 Å². The number of carbonyl (C=O) groups is 1. The van der Waals surface area contributed by atoms with Crippen LogP contribution in [0.3, 0.4) is 0 Å². The highest BCUT2D eigenvalue weighted by molar-refractivity contribution is 6.12. The Balaban J connectivity index is 1.93. The third-order valence-electron chi connectivity index (χ3n) is 2.79. The number of para-hydroxylation sites is 1. The molecule has 2 aromatic heterocycles. The van der Waals surface area contributed by atoms with E-state index in [9.17, 15) is 13.6 Å². The standard InChI is InChI=1S/C14H8F2N2O2/c15-12-6-5-10(13(16)18-12)17-14(19)9-7-20-11-4-2-1-3-8(9)11/h1-7H,(H,17,19). The Bertz CT molecular complexity index is 799. The Labute approximate surface area is 112 Å². The lowest BCUT2D eigenvalue weighted by atomic mass is 10.1. The second-order valence-corrected chi connectivity index (χ2v) is 4.07. The highest BCUT2D eigenvalue weighted by Gasteiger charge is 2.15. The Morgan fingerprint density at radius 1 is 1.15 bits per heavy atom. The minimum atomic E-state index is -1.08. The van der Waals surface area contributed by atoms with Gasteiger partial charge >= 0.3 is 0 Å². The van der Waals surface area contributed by atoms with Crippen molar-refractivity contribution in [2.24, 2.45) is 0 Å². The number of hydrogen-bond acceptors (Lipinski definition) is 3. The van der Waals surface area contributed by atoms with Crippen LogP contribution in [0.25, 0.3) is 11.0 Å². The van der Waals surface area contributed by atoms with E-state index in [1.54, 1.807) is 24.3 Å². The van der Waals surface area contributed by atoms with Gasteiger partial charge in [-0.2, -0.15) is 13.8 Å². The van der Waals surface area contributed by atoms with Crippen LogP contribution in [0.15, 0.2) is 47.1 Å². The summed E-state index contributed by atoms with van der Waals surface area (Å²) in [5.74, 6) is -2.58. The first kappa shape index (κ1) is 12.3. The van der Waals surface area contributed by atoms with E-state index in [1.807, 2.05) is 0 Å². The Morgan fingerprint density at radius 3 is 2.75 bits per heavy atom. The molecule has 6 heteroatoms. The zero-order chi connectivity index (χ0) is 14.1. The average Bonchev–Trinajstić information content (AvgIpc) is 2.86. The molecule has 0 atom stereocenters. The summed E-state index contributed by atoms with van der Waals surface area (Å²) in [6, 6.07) is 9.04. The van der Waals surface area contributed by atoms with Crippen LogP contribution >= 0.6 is 0 Å². The normalized spacial score (nSPS) is 10.7. The summed E-state index contributed by atoms with van der Waals surface area (Å²) in [6.45, 7) is 0. The zero-order valence-corrected chi connectivity index (χ0v) is 10.1. The van der Waals surface area contributed by atoms with E-state index in [1.165, 1.54) is 6.26 Å². The molecule has 1 aromatic carbocycles. The van der Waals surface area contributed by atoms with Crippen molar-refractivity contribution in [1.82, 2.24) is 4.98 Å². The van der Waals surface area contributed by atoms with Crippen molar-refractivity contribution in [2.75, 3.05) is 5.32 Å². The van der Waals surface area contributed by atoms with Gasteiger partial charge in [0.1, 0.15) is 11.8 Å². The molecule has 20 heavy (non-hydrogen) atoms. The second-order valence-electron chi connectivity index (χ2n) is 4.07. The fraction of sp³-hybridized carbons (Fsp3) is 0. The lowest BCUT2D eigenvalue weighted by molar-refractivity contribution is 0.102. The summed E-state index contributed by atoms with van der Waals surface area (Å²) in [6.07, 6.45) is 1.29. The third kappa shape index (κ3) is 2.11. The van der Waals surface area contributed by atoms with E-state index in [4.69, 9.17) is 4.42 Å². The van der Waals surface area contributed by atoms with Gasteiger partial charge in [0, 0.05) is 5.39 Å². The SMILES string of the molecule is O=C(Nc1ccc(F)nc1F)c1coc2ccccc12. The number of nitrogens with one attached hydrogen (secondary N) is 1. The molecule has 3 aromatic rings. The molecule has 1 N–H and O–H groups in total. The van der Waals surface area contributed by atoms with Crippen molar-refractivity contribution >= 4 is 22.6 Å². The molecular formula is C14H8F2N2O2. The predicted octanol–water partition coefficient (Wildman–Crippen LogP) is 3.36. The number of aromatic nitrogens is 1. The van der Waals surface area contributed by atoms with Gasteiger partial charge in [-0.3, -0.25) is 4.79 Å². The van der Waals surface area contributed by atoms with Crippen molar-refractivity contribution in [2.45, 2.75) is 0 Å². The highest BCUT2D eigenvalue weighted by atomic mass is 19.1. The van der Waals surface area contributed by atoms with Gasteiger partial charge in [-0.15, -0.1) is 0 Å². The van der Waals surface area contributed by atoms with Crippen LogP contribution in [0.2, 0.25) is 0 Å². The number of furan rings is 1. The Morgan fingerprint density at radius 2 is 1.95 bits per heavy atom. The molecule has 3 rings (SSSR count). The maximum atomic E-state index is 13.4. The van der Waals surface area contributed by atoms with Crippen LogP contribution in [-0.2, 0) is 0 Å². The van der Waals surface area contributed by atoms with Crippen molar-refractivity contribution in [3.05, 3.63) is 60.1 Å². The van der Waals surface area contributed by atoms with Gasteiger partial charge in [-0.05, 0) is 18.2 Å². The lowest BCUT2D eigenvalue weighted by Gasteiger charge is -2.04. The molecule has 2 heterocycles. The molecule has 0 aliphatic heterocycles. The summed E-state index contributed by atoms with van der Waals surface area (Å²) < 4.78 is 31.3. The number of benzene rings is 1. The van der Waals surface area contributed by atoms with E-state index < -0.39 is 17.8 Å². The summed E-state index contributed by atoms with van der Waals surface area (Å²) in [4.78, 5) is 15.1. The molecule has 0 aliphatic carbocycles. The van der Waals surface area contributed by atoms with Gasteiger partial charge < -0.3 is 9.73 Å². The van der Waals surface area contributed by atoms with Gasteiger partial charge in [-0.1, -0.05) is 18.2 Å². The van der Waals surface area contributed by atoms with E-state index in [0.29, 0.717) is 11.0 Å². The van der Waals surface area contributed by atoms with E-state index in [2.05, 4.69) is 10.3 Å². The maximum absolute atomic E-state index is 13.4. The van der Waals surface area contributed by atoms with Gasteiger partial charge in [0.05, 0.1) is 11.3 Å². The van der Waals surface area contributed by atoms with Crippen LogP contribution in [0.5, 0.6) is 0 Å². The number of fused-ring (bicyclic) bond motifs is 1. The van der Waals surface area contributed by atoms with Crippen LogP contribution in [-0.4, -0.2) is 10.9 Å². The van der Waals surface area contributed by atoms with Gasteiger partial charge in [-0.25, -0.2) is 0 Å². The molecule has 0 saturated heterocycles. The third-order valence-corrected chi connectivity index (χ3v) is 2.79. The highest BCUT2D eigenvalue weighted by Crippen LogP contribution is 2.22. The number of anilines is 1. The molecule has 0 spiro atoms. The molecule has 1 amide bonds. The quantitative estimate of drug-likeness (QED) is 0.729. The second kappa shape index (κ2) is 4.73. The number of nitrogens with zero attached hydrogens (tertiary/aromatic N) is 1. The molecule has 0 bridgehead atoms. The number of pyridine rings is 1. The zero-order valence-electron chi connectivity index (χ0n) is 10.1. The Kier molecular flexibility index (Phi) is 2.90. The number of carbonyl (C=O) groups excluding carboxylic acids is 1. The predicted molar refractivity (Wildman–Crippen MR) is 68.3 cm³/mol. The molecular weight excluding hydrogens is 266 g/mol. The van der Waals surface area contributed by atoms with Gasteiger partial charge in [0.15, 0.2) is 0 Å². The maximum Gasteiger partial charge on any atom is 0.259 e. The van der Waals surface area contributed by atoms with Crippen LogP contribution in [0.4, 0.5) is 14.5 Å². The van der Waals surface area contributed by atoms with Crippen LogP contribution in [0.1, 0.15) is 10.4 Å². The summed E-state index contributed by atoms with van der Waals surface area (Å²) >= 11 is 0. The first-order valence-corrected chi connectivity index (χ1v) is 5.75. The molecule has 0 radical (unpaired) electrons. The monoisotopic (exact) mass is 274 g/mol. The van der Waals surface area contributed by atoms with Crippen molar-refractivity contribution in [3.63, 3.8) is 0 Å². The molecule has 0 saturated carbocycles. The largest absolute Gasteiger partial charge is 0.463 e. The van der Waals surface area contributed by atoms with Crippen molar-refractivity contribution in [1.29, 1.82) is 0 Å². The topological polar surface area (TPSA) is 55.1 Å². The van der Waals surface area contributed by atoms with Crippen molar-refractivity contribution < 1.29 is 18.0 Å². The fourth-order valence-electron chi connectivity index (χ4n) is 1.85. The summed E-state index contributed by atoms with van der Waals surface area (Å²) in [5, 5.41) is 2.94. The molecule has 0 aliphatic rings. The molecule has 0 fully saturated rings. The summed E-state index contributed by atoms with van der Waals surface area (Å²) in [7, 11) is 0. The molecule has 0 unspecified atom stereocenters. The number of hydrogen-bond donors (Lipinski definition) is 1. The number of amides is 1. The minimum Gasteiger partial charge on any atom is -0.463 e. The lowest BCUT2D eigenvalue weighted by Crippen LogP contribution is -2.13. The molecule has 100 valence electrons.